The lowest BCUT2D eigenvalue weighted by Crippen LogP contribution is -2.07. The van der Waals surface area contributed by atoms with Crippen LogP contribution in [0.3, 0.4) is 0 Å². The summed E-state index contributed by atoms with van der Waals surface area (Å²) in [6.07, 6.45) is 1.84. The van der Waals surface area contributed by atoms with E-state index in [0.29, 0.717) is 25.1 Å². The number of halogens is 1. The largest absolute Gasteiger partial charge is 0.394 e. The Bertz CT molecular complexity index is 467. The second kappa shape index (κ2) is 5.09. The molecule has 1 aromatic heterocycles. The minimum atomic E-state index is -0.201. The molecule has 2 aromatic rings. The van der Waals surface area contributed by atoms with Gasteiger partial charge in [0.05, 0.1) is 25.3 Å². The number of ether oxygens (including phenoxy) is 1. The van der Waals surface area contributed by atoms with Crippen LogP contribution in [0.2, 0.25) is 0 Å². The normalized spacial score (nSPS) is 11.1. The van der Waals surface area contributed by atoms with Crippen molar-refractivity contribution in [3.05, 3.63) is 36.3 Å². The Balaban J connectivity index is 2.10. The predicted octanol–water partition coefficient (Wildman–Crippen LogP) is 1.79. The Labute approximate surface area is 93.1 Å². The van der Waals surface area contributed by atoms with Gasteiger partial charge in [0, 0.05) is 18.1 Å². The van der Waals surface area contributed by atoms with Crippen LogP contribution in [0.5, 0.6) is 0 Å². The number of hydrogen-bond donors (Lipinski definition) is 1. The first kappa shape index (κ1) is 11.1. The lowest BCUT2D eigenvalue weighted by molar-refractivity contribution is 0.0875. The van der Waals surface area contributed by atoms with E-state index in [1.807, 2.05) is 16.8 Å². The van der Waals surface area contributed by atoms with Crippen LogP contribution in [0.25, 0.3) is 10.9 Å². The van der Waals surface area contributed by atoms with Crippen molar-refractivity contribution in [3.63, 3.8) is 0 Å². The summed E-state index contributed by atoms with van der Waals surface area (Å²) < 4.78 is 20.5. The lowest BCUT2D eigenvalue weighted by Gasteiger charge is -2.05. The average Bonchev–Trinajstić information content (AvgIpc) is 2.70. The van der Waals surface area contributed by atoms with Gasteiger partial charge < -0.3 is 14.4 Å². The van der Waals surface area contributed by atoms with Crippen molar-refractivity contribution in [1.29, 1.82) is 0 Å². The van der Waals surface area contributed by atoms with Crippen LogP contribution >= 0.6 is 0 Å². The van der Waals surface area contributed by atoms with E-state index in [2.05, 4.69) is 0 Å². The first-order valence-electron chi connectivity index (χ1n) is 5.25. The standard InChI is InChI=1S/C12H14FNO2/c13-11-2-1-3-12-10(11)4-5-14(12)6-8-16-9-7-15/h1-5,15H,6-9H2. The summed E-state index contributed by atoms with van der Waals surface area (Å²) >= 11 is 0. The van der Waals surface area contributed by atoms with Crippen LogP contribution in [0, 0.1) is 5.82 Å². The molecule has 16 heavy (non-hydrogen) atoms. The fraction of sp³-hybridized carbons (Fsp3) is 0.333. The molecule has 1 N–H and O–H groups in total. The maximum atomic E-state index is 13.4. The summed E-state index contributed by atoms with van der Waals surface area (Å²) in [5.74, 6) is -0.201. The molecule has 0 bridgehead atoms. The van der Waals surface area contributed by atoms with Crippen molar-refractivity contribution < 1.29 is 14.2 Å². The number of fused-ring (bicyclic) bond motifs is 1. The minimum absolute atomic E-state index is 0.0288. The maximum Gasteiger partial charge on any atom is 0.132 e. The van der Waals surface area contributed by atoms with Gasteiger partial charge in [-0.15, -0.1) is 0 Å². The molecule has 2 rings (SSSR count). The van der Waals surface area contributed by atoms with E-state index in [-0.39, 0.29) is 12.4 Å². The number of hydrogen-bond acceptors (Lipinski definition) is 2. The first-order valence-corrected chi connectivity index (χ1v) is 5.25. The van der Waals surface area contributed by atoms with Gasteiger partial charge in [0.2, 0.25) is 0 Å². The van der Waals surface area contributed by atoms with Gasteiger partial charge in [0.15, 0.2) is 0 Å². The molecule has 0 unspecified atom stereocenters. The molecule has 3 nitrogen and oxygen atoms in total. The molecule has 0 amide bonds. The Morgan fingerprint density at radius 3 is 2.94 bits per heavy atom. The molecule has 0 atom stereocenters. The Morgan fingerprint density at radius 2 is 2.12 bits per heavy atom. The molecule has 0 aliphatic heterocycles. The van der Waals surface area contributed by atoms with Crippen molar-refractivity contribution in [2.24, 2.45) is 0 Å². The van der Waals surface area contributed by atoms with Crippen LogP contribution < -0.4 is 0 Å². The van der Waals surface area contributed by atoms with Gasteiger partial charge in [-0.25, -0.2) is 4.39 Å². The zero-order valence-electron chi connectivity index (χ0n) is 8.90. The van der Waals surface area contributed by atoms with E-state index in [0.717, 1.165) is 5.52 Å². The highest BCUT2D eigenvalue weighted by molar-refractivity contribution is 5.80. The predicted molar refractivity (Wildman–Crippen MR) is 59.8 cm³/mol. The number of benzene rings is 1. The third-order valence-electron chi connectivity index (χ3n) is 2.47. The monoisotopic (exact) mass is 223 g/mol. The lowest BCUT2D eigenvalue weighted by atomic mass is 10.2. The van der Waals surface area contributed by atoms with Gasteiger partial charge in [-0.05, 0) is 18.2 Å². The smallest absolute Gasteiger partial charge is 0.132 e. The number of rotatable bonds is 5. The number of aliphatic hydroxyl groups excluding tert-OH is 1. The van der Waals surface area contributed by atoms with Crippen LogP contribution in [0.4, 0.5) is 4.39 Å². The molecule has 1 aromatic carbocycles. The minimum Gasteiger partial charge on any atom is -0.394 e. The highest BCUT2D eigenvalue weighted by atomic mass is 19.1. The molecule has 4 heteroatoms. The highest BCUT2D eigenvalue weighted by Gasteiger charge is 2.04. The van der Waals surface area contributed by atoms with Crippen molar-refractivity contribution in [1.82, 2.24) is 4.57 Å². The van der Waals surface area contributed by atoms with Gasteiger partial charge in [-0.2, -0.15) is 0 Å². The first-order chi connectivity index (χ1) is 7.83. The second-order valence-corrected chi connectivity index (χ2v) is 3.52. The van der Waals surface area contributed by atoms with Crippen LogP contribution in [-0.4, -0.2) is 29.5 Å². The van der Waals surface area contributed by atoms with E-state index < -0.39 is 0 Å². The fourth-order valence-corrected chi connectivity index (χ4v) is 1.71. The quantitative estimate of drug-likeness (QED) is 0.784. The van der Waals surface area contributed by atoms with Gasteiger partial charge in [0.1, 0.15) is 5.82 Å². The zero-order chi connectivity index (χ0) is 11.4. The van der Waals surface area contributed by atoms with Crippen LogP contribution in [0.15, 0.2) is 30.5 Å². The Morgan fingerprint density at radius 1 is 1.25 bits per heavy atom. The van der Waals surface area contributed by atoms with Crippen molar-refractivity contribution in [2.75, 3.05) is 19.8 Å². The Hall–Kier alpha value is -1.39. The van der Waals surface area contributed by atoms with E-state index in [4.69, 9.17) is 9.84 Å². The van der Waals surface area contributed by atoms with Gasteiger partial charge in [-0.3, -0.25) is 0 Å². The summed E-state index contributed by atoms with van der Waals surface area (Å²) in [4.78, 5) is 0. The number of aromatic nitrogens is 1. The molecular weight excluding hydrogens is 209 g/mol. The number of aliphatic hydroxyl groups is 1. The van der Waals surface area contributed by atoms with Gasteiger partial charge >= 0.3 is 0 Å². The van der Waals surface area contributed by atoms with E-state index in [9.17, 15) is 4.39 Å². The molecule has 0 aliphatic rings. The molecule has 0 spiro atoms. The number of nitrogens with zero attached hydrogens (tertiary/aromatic N) is 1. The molecule has 0 saturated carbocycles. The van der Waals surface area contributed by atoms with Crippen LogP contribution in [-0.2, 0) is 11.3 Å². The van der Waals surface area contributed by atoms with Crippen LogP contribution in [0.1, 0.15) is 0 Å². The third kappa shape index (κ3) is 2.23. The highest BCUT2D eigenvalue weighted by Crippen LogP contribution is 2.18. The molecule has 86 valence electrons. The summed E-state index contributed by atoms with van der Waals surface area (Å²) in [6, 6.07) is 6.79. The zero-order valence-corrected chi connectivity index (χ0v) is 8.90. The topological polar surface area (TPSA) is 34.4 Å². The van der Waals surface area contributed by atoms with Gasteiger partial charge in [0.25, 0.3) is 0 Å². The van der Waals surface area contributed by atoms with Crippen molar-refractivity contribution in [3.8, 4) is 0 Å². The molecule has 0 aliphatic carbocycles. The summed E-state index contributed by atoms with van der Waals surface area (Å²) in [6.45, 7) is 1.54. The van der Waals surface area contributed by atoms with Crippen molar-refractivity contribution >= 4 is 10.9 Å². The van der Waals surface area contributed by atoms with E-state index >= 15 is 0 Å². The van der Waals surface area contributed by atoms with E-state index in [1.54, 1.807) is 12.1 Å². The molecule has 1 heterocycles. The SMILES string of the molecule is OCCOCCn1ccc2c(F)cccc21. The maximum absolute atomic E-state index is 13.4. The Kier molecular flexibility index (Phi) is 3.54. The fourth-order valence-electron chi connectivity index (χ4n) is 1.71. The average molecular weight is 223 g/mol. The van der Waals surface area contributed by atoms with Crippen molar-refractivity contribution in [2.45, 2.75) is 6.54 Å². The molecular formula is C12H14FNO2. The van der Waals surface area contributed by atoms with E-state index in [1.165, 1.54) is 6.07 Å². The van der Waals surface area contributed by atoms with Gasteiger partial charge in [-0.1, -0.05) is 6.07 Å². The molecule has 0 radical (unpaired) electrons. The summed E-state index contributed by atoms with van der Waals surface area (Å²) in [7, 11) is 0. The second-order valence-electron chi connectivity index (χ2n) is 3.52. The summed E-state index contributed by atoms with van der Waals surface area (Å²) in [5.41, 5.74) is 0.868. The molecule has 0 fully saturated rings. The third-order valence-corrected chi connectivity index (χ3v) is 2.47. The summed E-state index contributed by atoms with van der Waals surface area (Å²) in [5, 5.41) is 9.18. The molecule has 0 saturated heterocycles.